The van der Waals surface area contributed by atoms with Crippen LogP contribution in [0.2, 0.25) is 0 Å². The van der Waals surface area contributed by atoms with Crippen LogP contribution in [-0.2, 0) is 4.79 Å². The fourth-order valence-electron chi connectivity index (χ4n) is 1.46. The van der Waals surface area contributed by atoms with Crippen molar-refractivity contribution in [2.24, 2.45) is 0 Å². The van der Waals surface area contributed by atoms with Crippen molar-refractivity contribution in [1.82, 2.24) is 10.6 Å². The molecule has 0 aliphatic heterocycles. The molecule has 1 aromatic heterocycles. The molecule has 1 aromatic rings. The van der Waals surface area contributed by atoms with Gasteiger partial charge in [-0.05, 0) is 20.8 Å². The monoisotopic (exact) mass is 224 g/mol. The number of hydrogen-bond acceptors (Lipinski definition) is 3. The summed E-state index contributed by atoms with van der Waals surface area (Å²) in [6.45, 7) is 5.33. The summed E-state index contributed by atoms with van der Waals surface area (Å²) < 4.78 is 5.34. The number of likely N-dealkylation sites (N-methyl/N-ethyl adjacent to an activating group) is 1. The Morgan fingerprint density at radius 1 is 1.19 bits per heavy atom. The van der Waals surface area contributed by atoms with Gasteiger partial charge in [-0.15, -0.1) is 0 Å². The third kappa shape index (κ3) is 2.42. The highest BCUT2D eigenvalue weighted by Gasteiger charge is 2.18. The smallest absolute Gasteiger partial charge is 0.255 e. The maximum absolute atomic E-state index is 11.8. The standard InChI is InChI=1S/C11H16N2O3/c1-6-7(2)16-8(3)10(6)11(15)13-5-9(14)12-4/h5H2,1-4H3,(H,12,14)(H,13,15). The van der Waals surface area contributed by atoms with Crippen molar-refractivity contribution >= 4 is 11.8 Å². The van der Waals surface area contributed by atoms with Crippen molar-refractivity contribution in [3.8, 4) is 0 Å². The lowest BCUT2D eigenvalue weighted by molar-refractivity contribution is -0.119. The Kier molecular flexibility index (Phi) is 3.71. The predicted molar refractivity (Wildman–Crippen MR) is 59.3 cm³/mol. The molecule has 2 amide bonds. The Morgan fingerprint density at radius 2 is 1.81 bits per heavy atom. The van der Waals surface area contributed by atoms with E-state index >= 15 is 0 Å². The Hall–Kier alpha value is -1.78. The molecule has 16 heavy (non-hydrogen) atoms. The maximum atomic E-state index is 11.8. The summed E-state index contributed by atoms with van der Waals surface area (Å²) in [6, 6.07) is 0. The first-order valence-electron chi connectivity index (χ1n) is 5.02. The Bertz CT molecular complexity index is 421. The Labute approximate surface area is 94.2 Å². The first-order valence-corrected chi connectivity index (χ1v) is 5.02. The van der Waals surface area contributed by atoms with E-state index in [4.69, 9.17) is 4.42 Å². The lowest BCUT2D eigenvalue weighted by Gasteiger charge is -2.04. The number of carbonyl (C=O) groups is 2. The van der Waals surface area contributed by atoms with Crippen LogP contribution in [0.4, 0.5) is 0 Å². The van der Waals surface area contributed by atoms with Gasteiger partial charge in [0.25, 0.3) is 5.91 Å². The number of hydrogen-bond donors (Lipinski definition) is 2. The van der Waals surface area contributed by atoms with E-state index in [2.05, 4.69) is 10.6 Å². The molecule has 0 saturated carbocycles. The molecule has 5 nitrogen and oxygen atoms in total. The van der Waals surface area contributed by atoms with Crippen LogP contribution in [0.1, 0.15) is 27.4 Å². The van der Waals surface area contributed by atoms with Crippen LogP contribution in [0, 0.1) is 20.8 Å². The number of nitrogens with one attached hydrogen (secondary N) is 2. The highest BCUT2D eigenvalue weighted by atomic mass is 16.3. The molecule has 2 N–H and O–H groups in total. The topological polar surface area (TPSA) is 71.3 Å². The van der Waals surface area contributed by atoms with Gasteiger partial charge in [0.1, 0.15) is 11.5 Å². The number of rotatable bonds is 3. The second kappa shape index (κ2) is 4.83. The number of amides is 2. The van der Waals surface area contributed by atoms with Gasteiger partial charge in [0, 0.05) is 12.6 Å². The van der Waals surface area contributed by atoms with Crippen molar-refractivity contribution in [1.29, 1.82) is 0 Å². The van der Waals surface area contributed by atoms with E-state index in [0.29, 0.717) is 11.3 Å². The molecule has 88 valence electrons. The van der Waals surface area contributed by atoms with Crippen molar-refractivity contribution in [2.45, 2.75) is 20.8 Å². The van der Waals surface area contributed by atoms with E-state index in [0.717, 1.165) is 11.3 Å². The van der Waals surface area contributed by atoms with Crippen LogP contribution in [0.25, 0.3) is 0 Å². The third-order valence-electron chi connectivity index (χ3n) is 2.48. The van der Waals surface area contributed by atoms with E-state index in [-0.39, 0.29) is 18.4 Å². The average molecular weight is 224 g/mol. The molecule has 1 rings (SSSR count). The molecule has 0 spiro atoms. The SMILES string of the molecule is CNC(=O)CNC(=O)c1c(C)oc(C)c1C. The minimum absolute atomic E-state index is 0.0293. The molecule has 1 heterocycles. The van der Waals surface area contributed by atoms with Gasteiger partial charge >= 0.3 is 0 Å². The molecule has 0 radical (unpaired) electrons. The molecule has 0 atom stereocenters. The molecule has 0 fully saturated rings. The molecule has 0 saturated heterocycles. The zero-order chi connectivity index (χ0) is 12.3. The van der Waals surface area contributed by atoms with Crippen LogP contribution in [0.5, 0.6) is 0 Å². The Morgan fingerprint density at radius 3 is 2.25 bits per heavy atom. The molecule has 5 heteroatoms. The number of carbonyl (C=O) groups excluding carboxylic acids is 2. The zero-order valence-electron chi connectivity index (χ0n) is 9.93. The summed E-state index contributed by atoms with van der Waals surface area (Å²) in [4.78, 5) is 22.7. The highest BCUT2D eigenvalue weighted by Crippen LogP contribution is 2.20. The Balaban J connectivity index is 2.77. The first-order chi connectivity index (χ1) is 7.47. The molecular formula is C11H16N2O3. The summed E-state index contributed by atoms with van der Waals surface area (Å²) in [7, 11) is 1.52. The quantitative estimate of drug-likeness (QED) is 0.793. The van der Waals surface area contributed by atoms with Crippen molar-refractivity contribution in [2.75, 3.05) is 13.6 Å². The molecule has 0 aromatic carbocycles. The van der Waals surface area contributed by atoms with Crippen molar-refractivity contribution in [3.05, 3.63) is 22.6 Å². The minimum Gasteiger partial charge on any atom is -0.466 e. The molecule has 0 unspecified atom stereocenters. The lowest BCUT2D eigenvalue weighted by atomic mass is 10.1. The summed E-state index contributed by atoms with van der Waals surface area (Å²) in [5.74, 6) is 0.784. The predicted octanol–water partition coefficient (Wildman–Crippen LogP) is 0.681. The normalized spacial score (nSPS) is 10.0. The van der Waals surface area contributed by atoms with Gasteiger partial charge in [-0.3, -0.25) is 9.59 Å². The van der Waals surface area contributed by atoms with Gasteiger partial charge in [-0.2, -0.15) is 0 Å². The summed E-state index contributed by atoms with van der Waals surface area (Å²) in [5.41, 5.74) is 1.33. The molecule has 0 aliphatic carbocycles. The largest absolute Gasteiger partial charge is 0.466 e. The van der Waals surface area contributed by atoms with E-state index in [1.807, 2.05) is 6.92 Å². The zero-order valence-corrected chi connectivity index (χ0v) is 9.93. The second-order valence-electron chi connectivity index (χ2n) is 3.57. The van der Waals surface area contributed by atoms with Crippen LogP contribution in [0.3, 0.4) is 0 Å². The maximum Gasteiger partial charge on any atom is 0.255 e. The van der Waals surface area contributed by atoms with Crippen LogP contribution >= 0.6 is 0 Å². The van der Waals surface area contributed by atoms with E-state index in [9.17, 15) is 9.59 Å². The average Bonchev–Trinajstić information content (AvgIpc) is 2.49. The molecule has 0 aliphatic rings. The first kappa shape index (κ1) is 12.3. The van der Waals surface area contributed by atoms with Gasteiger partial charge < -0.3 is 15.1 Å². The fraction of sp³-hybridized carbons (Fsp3) is 0.455. The van der Waals surface area contributed by atoms with Gasteiger partial charge in [-0.25, -0.2) is 0 Å². The van der Waals surface area contributed by atoms with Crippen molar-refractivity contribution in [3.63, 3.8) is 0 Å². The molecular weight excluding hydrogens is 208 g/mol. The van der Waals surface area contributed by atoms with Gasteiger partial charge in [0.05, 0.1) is 12.1 Å². The van der Waals surface area contributed by atoms with Crippen LogP contribution < -0.4 is 10.6 Å². The van der Waals surface area contributed by atoms with E-state index in [1.165, 1.54) is 7.05 Å². The van der Waals surface area contributed by atoms with E-state index in [1.54, 1.807) is 13.8 Å². The highest BCUT2D eigenvalue weighted by molar-refractivity contribution is 5.98. The van der Waals surface area contributed by atoms with Gasteiger partial charge in [0.2, 0.25) is 5.91 Å². The van der Waals surface area contributed by atoms with E-state index < -0.39 is 0 Å². The fourth-order valence-corrected chi connectivity index (χ4v) is 1.46. The van der Waals surface area contributed by atoms with Crippen molar-refractivity contribution < 1.29 is 14.0 Å². The number of furan rings is 1. The summed E-state index contributed by atoms with van der Waals surface area (Å²) >= 11 is 0. The van der Waals surface area contributed by atoms with Gasteiger partial charge in [0.15, 0.2) is 0 Å². The minimum atomic E-state index is -0.282. The molecule has 0 bridgehead atoms. The summed E-state index contributed by atoms with van der Waals surface area (Å²) in [6.07, 6.45) is 0. The van der Waals surface area contributed by atoms with Gasteiger partial charge in [-0.1, -0.05) is 0 Å². The lowest BCUT2D eigenvalue weighted by Crippen LogP contribution is -2.35. The second-order valence-corrected chi connectivity index (χ2v) is 3.57. The number of aryl methyl sites for hydroxylation is 2. The third-order valence-corrected chi connectivity index (χ3v) is 2.48. The summed E-state index contributed by atoms with van der Waals surface area (Å²) in [5, 5.41) is 4.96. The van der Waals surface area contributed by atoms with Crippen LogP contribution in [-0.4, -0.2) is 25.4 Å². The van der Waals surface area contributed by atoms with Crippen LogP contribution in [0.15, 0.2) is 4.42 Å².